The number of aromatic amines is 1. The standard InChI is InChI=1S/C30H36N4O4/c1-17(2)25(29(36)31-14-9-15-38-18(3)4)33-28(35)24-16-22-19-10-7-8-13-23(19)32-26(22)27-20-11-5-6-12-21(20)30(37)34(24)27/h5-8,10-13,17-18,24-25,27,32H,9,14-16H2,1-4H3,(H,31,36)(H,33,35)/t24-,25-,27?/m0/s1. The quantitative estimate of drug-likeness (QED) is 0.377. The van der Waals surface area contributed by atoms with Crippen molar-refractivity contribution in [3.63, 3.8) is 0 Å². The molecule has 3 amide bonds. The van der Waals surface area contributed by atoms with Crippen LogP contribution in [-0.4, -0.2) is 58.9 Å². The highest BCUT2D eigenvalue weighted by Crippen LogP contribution is 2.46. The molecule has 2 aliphatic heterocycles. The lowest BCUT2D eigenvalue weighted by atomic mass is 9.89. The molecule has 38 heavy (non-hydrogen) atoms. The van der Waals surface area contributed by atoms with Crippen LogP contribution in [0.2, 0.25) is 0 Å². The highest BCUT2D eigenvalue weighted by atomic mass is 16.5. The van der Waals surface area contributed by atoms with Gasteiger partial charge in [0.25, 0.3) is 5.91 Å². The number of hydrogen-bond acceptors (Lipinski definition) is 4. The molecule has 0 fully saturated rings. The number of nitrogens with zero attached hydrogens (tertiary/aromatic N) is 1. The van der Waals surface area contributed by atoms with E-state index in [2.05, 4.69) is 15.6 Å². The first-order chi connectivity index (χ1) is 18.3. The fourth-order valence-corrected chi connectivity index (χ4v) is 5.63. The molecule has 0 aliphatic carbocycles. The van der Waals surface area contributed by atoms with Crippen molar-refractivity contribution in [2.75, 3.05) is 13.2 Å². The van der Waals surface area contributed by atoms with Gasteiger partial charge in [-0.1, -0.05) is 50.2 Å². The number of carbonyl (C=O) groups is 3. The number of para-hydroxylation sites is 1. The number of amides is 3. The van der Waals surface area contributed by atoms with E-state index in [9.17, 15) is 14.4 Å². The van der Waals surface area contributed by atoms with Gasteiger partial charge in [-0.2, -0.15) is 0 Å². The molecule has 8 heteroatoms. The van der Waals surface area contributed by atoms with Gasteiger partial charge in [-0.25, -0.2) is 0 Å². The summed E-state index contributed by atoms with van der Waals surface area (Å²) in [5.74, 6) is -0.829. The summed E-state index contributed by atoms with van der Waals surface area (Å²) in [5, 5.41) is 6.98. The molecule has 5 rings (SSSR count). The molecule has 3 heterocycles. The Morgan fingerprint density at radius 1 is 1.08 bits per heavy atom. The molecule has 8 nitrogen and oxygen atoms in total. The molecule has 1 unspecified atom stereocenters. The molecule has 3 N–H and O–H groups in total. The largest absolute Gasteiger partial charge is 0.379 e. The van der Waals surface area contributed by atoms with E-state index in [0.29, 0.717) is 31.6 Å². The third-order valence-corrected chi connectivity index (χ3v) is 7.47. The Morgan fingerprint density at radius 3 is 2.58 bits per heavy atom. The van der Waals surface area contributed by atoms with E-state index >= 15 is 0 Å². The van der Waals surface area contributed by atoms with Gasteiger partial charge in [0, 0.05) is 41.7 Å². The molecule has 3 aromatic rings. The van der Waals surface area contributed by atoms with Crippen molar-refractivity contribution in [1.82, 2.24) is 20.5 Å². The van der Waals surface area contributed by atoms with Crippen molar-refractivity contribution < 1.29 is 19.1 Å². The van der Waals surface area contributed by atoms with Gasteiger partial charge in [0.1, 0.15) is 12.1 Å². The van der Waals surface area contributed by atoms with E-state index < -0.39 is 12.1 Å². The molecule has 0 spiro atoms. The number of hydrogen-bond donors (Lipinski definition) is 3. The zero-order valence-corrected chi connectivity index (χ0v) is 22.4. The lowest BCUT2D eigenvalue weighted by Crippen LogP contribution is -2.57. The number of benzene rings is 2. The Morgan fingerprint density at radius 2 is 1.82 bits per heavy atom. The molecule has 2 aromatic carbocycles. The maximum atomic E-state index is 13.9. The first kappa shape index (κ1) is 26.0. The number of rotatable bonds is 9. The van der Waals surface area contributed by atoms with Crippen LogP contribution in [0, 0.1) is 5.92 Å². The molecule has 3 atom stereocenters. The number of ether oxygens (including phenoxy) is 1. The van der Waals surface area contributed by atoms with Gasteiger partial charge >= 0.3 is 0 Å². The van der Waals surface area contributed by atoms with Crippen LogP contribution in [0.5, 0.6) is 0 Å². The van der Waals surface area contributed by atoms with Crippen LogP contribution in [-0.2, 0) is 20.7 Å². The molecule has 0 saturated carbocycles. The Bertz CT molecular complexity index is 1360. The molecule has 0 radical (unpaired) electrons. The van der Waals surface area contributed by atoms with Crippen molar-refractivity contribution in [3.05, 3.63) is 70.9 Å². The number of H-pyrrole nitrogens is 1. The Labute approximate surface area is 223 Å². The van der Waals surface area contributed by atoms with Crippen LogP contribution < -0.4 is 10.6 Å². The summed E-state index contributed by atoms with van der Waals surface area (Å²) in [6.07, 6.45) is 1.21. The number of carbonyl (C=O) groups excluding carboxylic acids is 3. The van der Waals surface area contributed by atoms with Crippen LogP contribution in [0.15, 0.2) is 48.5 Å². The van der Waals surface area contributed by atoms with E-state index in [1.54, 1.807) is 4.90 Å². The van der Waals surface area contributed by atoms with Gasteiger partial charge in [0.2, 0.25) is 11.8 Å². The van der Waals surface area contributed by atoms with E-state index in [1.807, 2.05) is 76.2 Å². The second kappa shape index (κ2) is 10.6. The van der Waals surface area contributed by atoms with Crippen LogP contribution in [0.3, 0.4) is 0 Å². The summed E-state index contributed by atoms with van der Waals surface area (Å²) in [4.78, 5) is 45.7. The van der Waals surface area contributed by atoms with Crippen molar-refractivity contribution in [2.24, 2.45) is 5.92 Å². The summed E-state index contributed by atoms with van der Waals surface area (Å²) < 4.78 is 5.54. The zero-order valence-electron chi connectivity index (χ0n) is 22.4. The summed E-state index contributed by atoms with van der Waals surface area (Å²) in [6.45, 7) is 8.79. The monoisotopic (exact) mass is 516 g/mol. The maximum absolute atomic E-state index is 13.9. The average molecular weight is 517 g/mol. The van der Waals surface area contributed by atoms with Crippen molar-refractivity contribution in [1.29, 1.82) is 0 Å². The van der Waals surface area contributed by atoms with Gasteiger partial charge < -0.3 is 25.3 Å². The first-order valence-electron chi connectivity index (χ1n) is 13.5. The third kappa shape index (κ3) is 4.69. The molecule has 2 aliphatic rings. The minimum Gasteiger partial charge on any atom is -0.379 e. The van der Waals surface area contributed by atoms with Crippen LogP contribution in [0.25, 0.3) is 10.9 Å². The second-order valence-corrected chi connectivity index (χ2v) is 10.8. The molecule has 0 saturated heterocycles. The highest BCUT2D eigenvalue weighted by Gasteiger charge is 2.49. The van der Waals surface area contributed by atoms with Crippen molar-refractivity contribution in [3.8, 4) is 0 Å². The van der Waals surface area contributed by atoms with Gasteiger partial charge in [-0.05, 0) is 49.4 Å². The smallest absolute Gasteiger partial charge is 0.255 e. The third-order valence-electron chi connectivity index (χ3n) is 7.47. The predicted molar refractivity (Wildman–Crippen MR) is 146 cm³/mol. The summed E-state index contributed by atoms with van der Waals surface area (Å²) >= 11 is 0. The second-order valence-electron chi connectivity index (χ2n) is 10.8. The fourth-order valence-electron chi connectivity index (χ4n) is 5.63. The van der Waals surface area contributed by atoms with Crippen LogP contribution >= 0.6 is 0 Å². The fraction of sp³-hybridized carbons (Fsp3) is 0.433. The Kier molecular flexibility index (Phi) is 7.25. The lowest BCUT2D eigenvalue weighted by Gasteiger charge is -2.38. The van der Waals surface area contributed by atoms with Crippen molar-refractivity contribution in [2.45, 2.75) is 64.8 Å². The average Bonchev–Trinajstić information content (AvgIpc) is 3.41. The maximum Gasteiger partial charge on any atom is 0.255 e. The number of aromatic nitrogens is 1. The summed E-state index contributed by atoms with van der Waals surface area (Å²) in [5.41, 5.74) is 4.49. The van der Waals surface area contributed by atoms with Gasteiger partial charge in [-0.3, -0.25) is 14.4 Å². The minimum absolute atomic E-state index is 0.125. The molecule has 1 aromatic heterocycles. The zero-order chi connectivity index (χ0) is 27.0. The van der Waals surface area contributed by atoms with Crippen molar-refractivity contribution >= 4 is 28.6 Å². The minimum atomic E-state index is -0.736. The first-order valence-corrected chi connectivity index (χ1v) is 13.5. The van der Waals surface area contributed by atoms with E-state index in [-0.39, 0.29) is 35.8 Å². The van der Waals surface area contributed by atoms with Gasteiger partial charge in [0.15, 0.2) is 0 Å². The van der Waals surface area contributed by atoms with E-state index in [4.69, 9.17) is 4.74 Å². The predicted octanol–water partition coefficient (Wildman–Crippen LogP) is 3.71. The SMILES string of the molecule is CC(C)OCCCNC(=O)[C@@H](NC(=O)[C@@H]1Cc2c([nH]c3ccccc23)C2c3ccccc3C(=O)N21)C(C)C. The normalized spacial score (nSPS) is 18.9. The highest BCUT2D eigenvalue weighted by molar-refractivity contribution is 6.04. The molecule has 200 valence electrons. The van der Waals surface area contributed by atoms with Crippen LogP contribution in [0.1, 0.15) is 67.3 Å². The summed E-state index contributed by atoms with van der Waals surface area (Å²) in [6, 6.07) is 13.7. The molecular formula is C30H36N4O4. The van der Waals surface area contributed by atoms with Gasteiger partial charge in [0.05, 0.1) is 12.1 Å². The van der Waals surface area contributed by atoms with E-state index in [1.165, 1.54) is 0 Å². The van der Waals surface area contributed by atoms with E-state index in [0.717, 1.165) is 27.7 Å². The Hall–Kier alpha value is -3.65. The lowest BCUT2D eigenvalue weighted by molar-refractivity contribution is -0.132. The van der Waals surface area contributed by atoms with Crippen LogP contribution in [0.4, 0.5) is 0 Å². The van der Waals surface area contributed by atoms with Gasteiger partial charge in [-0.15, -0.1) is 0 Å². The Balaban J connectivity index is 1.40. The molecular weight excluding hydrogens is 480 g/mol. The summed E-state index contributed by atoms with van der Waals surface area (Å²) in [7, 11) is 0. The molecule has 0 bridgehead atoms. The number of fused-ring (bicyclic) bond motifs is 7. The number of nitrogens with one attached hydrogen (secondary N) is 3. The topological polar surface area (TPSA) is 104 Å².